The highest BCUT2D eigenvalue weighted by atomic mass is 32.2. The molecule has 1 aliphatic carbocycles. The molecular formula is C14H20N2O3S. The molecule has 0 aliphatic heterocycles. The maximum absolute atomic E-state index is 12.3. The minimum absolute atomic E-state index is 0.185. The van der Waals surface area contributed by atoms with Gasteiger partial charge in [0.15, 0.2) is 9.84 Å². The second-order valence-corrected chi connectivity index (χ2v) is 7.49. The van der Waals surface area contributed by atoms with E-state index in [1.165, 1.54) is 12.1 Å². The number of amides is 1. The third kappa shape index (κ3) is 3.37. The Hall–Kier alpha value is -1.40. The summed E-state index contributed by atoms with van der Waals surface area (Å²) in [7, 11) is -3.28. The molecule has 1 aliphatic rings. The maximum Gasteiger partial charge on any atom is 0.244 e. The number of hydrogen-bond acceptors (Lipinski definition) is 4. The van der Waals surface area contributed by atoms with Crippen LogP contribution in [0.4, 0.5) is 5.69 Å². The van der Waals surface area contributed by atoms with Crippen LogP contribution < -0.4 is 11.1 Å². The quantitative estimate of drug-likeness (QED) is 0.888. The molecule has 0 atom stereocenters. The molecule has 110 valence electrons. The average Bonchev–Trinajstić information content (AvgIpc) is 2.39. The topological polar surface area (TPSA) is 89.3 Å². The van der Waals surface area contributed by atoms with E-state index in [2.05, 4.69) is 5.32 Å². The van der Waals surface area contributed by atoms with Gasteiger partial charge in [-0.15, -0.1) is 0 Å². The van der Waals surface area contributed by atoms with E-state index in [-0.39, 0.29) is 10.8 Å². The fourth-order valence-electron chi connectivity index (χ4n) is 2.47. The summed E-state index contributed by atoms with van der Waals surface area (Å²) >= 11 is 0. The first kappa shape index (κ1) is 15.0. The Bertz CT molecular complexity index is 605. The van der Waals surface area contributed by atoms with Gasteiger partial charge in [-0.1, -0.05) is 25.3 Å². The largest absolute Gasteiger partial charge is 0.324 e. The Balaban J connectivity index is 2.16. The van der Waals surface area contributed by atoms with Crippen molar-refractivity contribution >= 4 is 21.4 Å². The summed E-state index contributed by atoms with van der Waals surface area (Å²) in [5.74, 6) is -0.233. The highest BCUT2D eigenvalue weighted by Crippen LogP contribution is 2.27. The van der Waals surface area contributed by atoms with E-state index in [0.29, 0.717) is 18.5 Å². The van der Waals surface area contributed by atoms with Gasteiger partial charge in [-0.2, -0.15) is 0 Å². The summed E-state index contributed by atoms with van der Waals surface area (Å²) in [6, 6.07) is 6.23. The molecule has 1 amide bonds. The Kier molecular flexibility index (Phi) is 4.15. The lowest BCUT2D eigenvalue weighted by Crippen LogP contribution is -2.52. The predicted octanol–water partition coefficient (Wildman–Crippen LogP) is 1.69. The fraction of sp³-hybridized carbons (Fsp3) is 0.500. The lowest BCUT2D eigenvalue weighted by atomic mass is 9.82. The summed E-state index contributed by atoms with van der Waals surface area (Å²) in [5, 5.41) is 2.74. The number of carbonyl (C=O) groups is 1. The zero-order valence-electron chi connectivity index (χ0n) is 11.6. The van der Waals surface area contributed by atoms with Crippen molar-refractivity contribution < 1.29 is 13.2 Å². The molecule has 0 spiro atoms. The number of sulfone groups is 1. The first-order valence-corrected chi connectivity index (χ1v) is 8.61. The second-order valence-electron chi connectivity index (χ2n) is 5.47. The summed E-state index contributed by atoms with van der Waals surface area (Å²) in [4.78, 5) is 12.4. The molecule has 0 radical (unpaired) electrons. The van der Waals surface area contributed by atoms with Crippen LogP contribution in [0.5, 0.6) is 0 Å². The first-order chi connectivity index (χ1) is 9.31. The third-order valence-electron chi connectivity index (χ3n) is 3.72. The number of nitrogens with one attached hydrogen (secondary N) is 1. The van der Waals surface area contributed by atoms with Crippen LogP contribution in [-0.2, 0) is 14.6 Å². The van der Waals surface area contributed by atoms with Crippen LogP contribution in [0.15, 0.2) is 29.2 Å². The van der Waals surface area contributed by atoms with Crippen LogP contribution in [0.1, 0.15) is 32.1 Å². The van der Waals surface area contributed by atoms with Crippen molar-refractivity contribution in [2.45, 2.75) is 42.5 Å². The van der Waals surface area contributed by atoms with Crippen LogP contribution in [-0.4, -0.2) is 26.1 Å². The molecule has 6 heteroatoms. The molecule has 20 heavy (non-hydrogen) atoms. The van der Waals surface area contributed by atoms with Crippen LogP contribution in [0, 0.1) is 0 Å². The van der Waals surface area contributed by atoms with Crippen molar-refractivity contribution in [3.8, 4) is 0 Å². The van der Waals surface area contributed by atoms with Crippen molar-refractivity contribution in [2.75, 3.05) is 11.6 Å². The van der Waals surface area contributed by atoms with Gasteiger partial charge < -0.3 is 11.1 Å². The van der Waals surface area contributed by atoms with E-state index in [0.717, 1.165) is 25.5 Å². The number of anilines is 1. The van der Waals surface area contributed by atoms with E-state index in [9.17, 15) is 13.2 Å². The highest BCUT2D eigenvalue weighted by Gasteiger charge is 2.35. The minimum atomic E-state index is -3.28. The smallest absolute Gasteiger partial charge is 0.244 e. The zero-order chi connectivity index (χ0) is 14.8. The molecule has 1 aromatic carbocycles. The Morgan fingerprint density at radius 2 is 1.90 bits per heavy atom. The molecule has 1 fully saturated rings. The van der Waals surface area contributed by atoms with E-state index >= 15 is 0 Å². The number of rotatable bonds is 3. The van der Waals surface area contributed by atoms with Crippen LogP contribution in [0.2, 0.25) is 0 Å². The van der Waals surface area contributed by atoms with Gasteiger partial charge in [-0.3, -0.25) is 4.79 Å². The normalized spacial score (nSPS) is 18.5. The van der Waals surface area contributed by atoms with Crippen molar-refractivity contribution in [1.29, 1.82) is 0 Å². The standard InChI is InChI=1S/C14H20N2O3S/c1-20(18,19)12-7-5-6-11(10-12)16-13(17)14(15)8-3-2-4-9-14/h5-7,10H,2-4,8-9,15H2,1H3,(H,16,17). The summed E-state index contributed by atoms with van der Waals surface area (Å²) in [6.07, 6.45) is 5.49. The Morgan fingerprint density at radius 1 is 1.25 bits per heavy atom. The average molecular weight is 296 g/mol. The lowest BCUT2D eigenvalue weighted by molar-refractivity contribution is -0.122. The number of hydrogen-bond donors (Lipinski definition) is 2. The first-order valence-electron chi connectivity index (χ1n) is 6.72. The number of carbonyl (C=O) groups excluding carboxylic acids is 1. The van der Waals surface area contributed by atoms with E-state index in [4.69, 9.17) is 5.73 Å². The molecule has 0 heterocycles. The van der Waals surface area contributed by atoms with E-state index < -0.39 is 15.4 Å². The highest BCUT2D eigenvalue weighted by molar-refractivity contribution is 7.90. The SMILES string of the molecule is CS(=O)(=O)c1cccc(NC(=O)C2(N)CCCCC2)c1. The second kappa shape index (κ2) is 5.54. The van der Waals surface area contributed by atoms with Crippen molar-refractivity contribution in [2.24, 2.45) is 5.73 Å². The molecule has 1 aromatic rings. The van der Waals surface area contributed by atoms with E-state index in [1.54, 1.807) is 12.1 Å². The summed E-state index contributed by atoms with van der Waals surface area (Å²) in [5.41, 5.74) is 5.78. The molecule has 1 saturated carbocycles. The molecule has 0 bridgehead atoms. The van der Waals surface area contributed by atoms with Crippen molar-refractivity contribution in [1.82, 2.24) is 0 Å². The lowest BCUT2D eigenvalue weighted by Gasteiger charge is -2.31. The van der Waals surface area contributed by atoms with Gasteiger partial charge in [-0.25, -0.2) is 8.42 Å². The summed E-state index contributed by atoms with van der Waals surface area (Å²) < 4.78 is 23.0. The monoisotopic (exact) mass is 296 g/mol. The van der Waals surface area contributed by atoms with E-state index in [1.807, 2.05) is 0 Å². The fourth-order valence-corrected chi connectivity index (χ4v) is 3.14. The molecular weight excluding hydrogens is 276 g/mol. The molecule has 5 nitrogen and oxygen atoms in total. The Morgan fingerprint density at radius 3 is 2.50 bits per heavy atom. The maximum atomic E-state index is 12.3. The van der Waals surface area contributed by atoms with Crippen LogP contribution in [0.25, 0.3) is 0 Å². The van der Waals surface area contributed by atoms with Gasteiger partial charge in [0.2, 0.25) is 5.91 Å². The van der Waals surface area contributed by atoms with Crippen molar-refractivity contribution in [3.05, 3.63) is 24.3 Å². The van der Waals surface area contributed by atoms with Gasteiger partial charge in [-0.05, 0) is 31.0 Å². The minimum Gasteiger partial charge on any atom is -0.324 e. The van der Waals surface area contributed by atoms with Gasteiger partial charge in [0, 0.05) is 11.9 Å². The Labute approximate surface area is 119 Å². The molecule has 0 unspecified atom stereocenters. The number of nitrogens with two attached hydrogens (primary N) is 1. The zero-order valence-corrected chi connectivity index (χ0v) is 12.4. The molecule has 0 aromatic heterocycles. The molecule has 3 N–H and O–H groups in total. The van der Waals surface area contributed by atoms with Crippen molar-refractivity contribution in [3.63, 3.8) is 0 Å². The van der Waals surface area contributed by atoms with Gasteiger partial charge in [0.05, 0.1) is 10.4 Å². The van der Waals surface area contributed by atoms with Gasteiger partial charge in [0.25, 0.3) is 0 Å². The van der Waals surface area contributed by atoms with Crippen LogP contribution >= 0.6 is 0 Å². The van der Waals surface area contributed by atoms with Gasteiger partial charge in [0.1, 0.15) is 0 Å². The molecule has 0 saturated heterocycles. The third-order valence-corrected chi connectivity index (χ3v) is 4.83. The predicted molar refractivity (Wildman–Crippen MR) is 78.2 cm³/mol. The summed E-state index contributed by atoms with van der Waals surface area (Å²) in [6.45, 7) is 0. The number of benzene rings is 1. The molecule has 2 rings (SSSR count). The van der Waals surface area contributed by atoms with Crippen LogP contribution in [0.3, 0.4) is 0 Å². The van der Waals surface area contributed by atoms with Gasteiger partial charge >= 0.3 is 0 Å².